The molecule has 3 rings (SSSR count). The van der Waals surface area contributed by atoms with Gasteiger partial charge in [-0.1, -0.05) is 17.7 Å². The lowest BCUT2D eigenvalue weighted by Gasteiger charge is -2.33. The summed E-state index contributed by atoms with van der Waals surface area (Å²) in [5, 5.41) is 0.398. The Kier molecular flexibility index (Phi) is 6.53. The van der Waals surface area contributed by atoms with Crippen LogP contribution in [0.3, 0.4) is 0 Å². The van der Waals surface area contributed by atoms with Crippen molar-refractivity contribution in [2.45, 2.75) is 38.6 Å². The molecule has 1 saturated heterocycles. The normalized spacial score (nSPS) is 16.5. The van der Waals surface area contributed by atoms with Gasteiger partial charge >= 0.3 is 0 Å². The maximum absolute atomic E-state index is 12.9. The number of hydrogen-bond donors (Lipinski definition) is 0. The molecule has 0 unspecified atom stereocenters. The predicted octanol–water partition coefficient (Wildman–Crippen LogP) is 3.53. The van der Waals surface area contributed by atoms with Crippen LogP contribution in [0.25, 0.3) is 0 Å². The highest BCUT2D eigenvalue weighted by Gasteiger charge is 2.29. The molecular formula is C21H28ClN3O3S. The maximum Gasteiger partial charge on any atom is 0.243 e. The van der Waals surface area contributed by atoms with E-state index in [1.54, 1.807) is 18.2 Å². The molecule has 2 heterocycles. The highest BCUT2D eigenvalue weighted by Crippen LogP contribution is 2.23. The average molecular weight is 438 g/mol. The molecule has 6 nitrogen and oxygen atoms in total. The summed E-state index contributed by atoms with van der Waals surface area (Å²) in [5.74, 6) is 0.0798. The molecule has 0 atom stereocenters. The smallest absolute Gasteiger partial charge is 0.243 e. The Morgan fingerprint density at radius 2 is 1.76 bits per heavy atom. The molecule has 1 aliphatic rings. The quantitative estimate of drug-likeness (QED) is 0.648. The van der Waals surface area contributed by atoms with E-state index in [2.05, 4.69) is 18.4 Å². The second kappa shape index (κ2) is 8.60. The Labute approximate surface area is 178 Å². The van der Waals surface area contributed by atoms with E-state index in [-0.39, 0.29) is 10.7 Å². The third kappa shape index (κ3) is 4.58. The number of halogens is 1. The fourth-order valence-corrected chi connectivity index (χ4v) is 5.77. The second-order valence-electron chi connectivity index (χ2n) is 7.81. The van der Waals surface area contributed by atoms with Crippen LogP contribution < -0.4 is 0 Å². The number of aromatic nitrogens is 1. The van der Waals surface area contributed by atoms with Crippen molar-refractivity contribution in [1.82, 2.24) is 13.8 Å². The van der Waals surface area contributed by atoms with Crippen LogP contribution in [0.5, 0.6) is 0 Å². The van der Waals surface area contributed by atoms with Crippen molar-refractivity contribution >= 4 is 27.4 Å². The summed E-state index contributed by atoms with van der Waals surface area (Å²) in [6.45, 7) is 10.3. The molecule has 0 saturated carbocycles. The van der Waals surface area contributed by atoms with Crippen molar-refractivity contribution in [2.24, 2.45) is 0 Å². The maximum atomic E-state index is 12.9. The van der Waals surface area contributed by atoms with Gasteiger partial charge in [0.05, 0.1) is 11.4 Å². The number of hydrogen-bond acceptors (Lipinski definition) is 4. The van der Waals surface area contributed by atoms with Gasteiger partial charge in [-0.25, -0.2) is 8.42 Å². The molecular weight excluding hydrogens is 410 g/mol. The molecule has 0 N–H and O–H groups in total. The zero-order valence-electron chi connectivity index (χ0n) is 17.4. The summed E-state index contributed by atoms with van der Waals surface area (Å²) in [4.78, 5) is 15.1. The van der Waals surface area contributed by atoms with Gasteiger partial charge in [0, 0.05) is 54.2 Å². The molecule has 0 aliphatic carbocycles. The van der Waals surface area contributed by atoms with Gasteiger partial charge in [-0.2, -0.15) is 4.31 Å². The largest absolute Gasteiger partial charge is 0.346 e. The van der Waals surface area contributed by atoms with Crippen molar-refractivity contribution in [3.63, 3.8) is 0 Å². The van der Waals surface area contributed by atoms with Gasteiger partial charge in [-0.3, -0.25) is 9.69 Å². The van der Waals surface area contributed by atoms with Crippen molar-refractivity contribution < 1.29 is 13.2 Å². The number of nitrogens with zero attached hydrogens (tertiary/aromatic N) is 3. The molecule has 1 fully saturated rings. The van der Waals surface area contributed by atoms with E-state index in [0.29, 0.717) is 43.8 Å². The van der Waals surface area contributed by atoms with Crippen LogP contribution in [0.1, 0.15) is 41.6 Å². The second-order valence-corrected chi connectivity index (χ2v) is 10.2. The number of carbonyl (C=O) groups is 1. The summed E-state index contributed by atoms with van der Waals surface area (Å²) < 4.78 is 29.3. The Hall–Kier alpha value is -1.67. The van der Waals surface area contributed by atoms with Crippen molar-refractivity contribution in [3.8, 4) is 0 Å². The molecule has 158 valence electrons. The Morgan fingerprint density at radius 1 is 1.10 bits per heavy atom. The zero-order valence-corrected chi connectivity index (χ0v) is 18.9. The number of piperazine rings is 1. The molecule has 8 heteroatoms. The Bertz CT molecular complexity index is 1010. The molecule has 0 amide bonds. The minimum atomic E-state index is -3.57. The number of rotatable bonds is 6. The van der Waals surface area contributed by atoms with E-state index in [1.165, 1.54) is 10.4 Å². The highest BCUT2D eigenvalue weighted by atomic mass is 35.5. The third-order valence-electron chi connectivity index (χ3n) is 5.43. The first kappa shape index (κ1) is 22.0. The van der Waals surface area contributed by atoms with Gasteiger partial charge in [0.25, 0.3) is 0 Å². The van der Waals surface area contributed by atoms with Crippen LogP contribution >= 0.6 is 11.6 Å². The number of aryl methyl sites for hydroxylation is 1. The van der Waals surface area contributed by atoms with Gasteiger partial charge in [-0.15, -0.1) is 0 Å². The number of benzene rings is 1. The summed E-state index contributed by atoms with van der Waals surface area (Å²) >= 11 is 5.94. The van der Waals surface area contributed by atoms with E-state index in [0.717, 1.165) is 17.0 Å². The zero-order chi connectivity index (χ0) is 21.3. The summed E-state index contributed by atoms with van der Waals surface area (Å²) in [5.41, 5.74) is 2.83. The fraction of sp³-hybridized carbons (Fsp3) is 0.476. The van der Waals surface area contributed by atoms with E-state index >= 15 is 0 Å². The number of Topliss-reactive ketones (excluding diaryl/α,β-unsaturated/α-hetero) is 1. The summed E-state index contributed by atoms with van der Waals surface area (Å²) in [6, 6.07) is 8.57. The van der Waals surface area contributed by atoms with Crippen LogP contribution in [0.2, 0.25) is 5.02 Å². The third-order valence-corrected chi connectivity index (χ3v) is 7.56. The van der Waals surface area contributed by atoms with Crippen LogP contribution in [0.15, 0.2) is 35.2 Å². The minimum Gasteiger partial charge on any atom is -0.346 e. The van der Waals surface area contributed by atoms with Gasteiger partial charge < -0.3 is 4.57 Å². The monoisotopic (exact) mass is 437 g/mol. The molecule has 0 bridgehead atoms. The molecule has 1 aliphatic heterocycles. The molecule has 0 radical (unpaired) electrons. The molecule has 29 heavy (non-hydrogen) atoms. The van der Waals surface area contributed by atoms with E-state index in [9.17, 15) is 13.2 Å². The van der Waals surface area contributed by atoms with Crippen molar-refractivity contribution in [1.29, 1.82) is 0 Å². The summed E-state index contributed by atoms with van der Waals surface area (Å²) in [7, 11) is -3.57. The van der Waals surface area contributed by atoms with Crippen LogP contribution in [0.4, 0.5) is 0 Å². The standard InChI is InChI=1S/C21H28ClN3O3S/c1-15(2)25-16(3)12-20(17(25)4)21(26)14-23-8-10-24(11-9-23)29(27,28)19-7-5-6-18(22)13-19/h5-7,12-13,15H,8-11,14H2,1-4H3. The number of carbonyl (C=O) groups excluding carboxylic acids is 1. The fourth-order valence-electron chi connectivity index (χ4n) is 4.05. The van der Waals surface area contributed by atoms with E-state index < -0.39 is 10.0 Å². The Morgan fingerprint density at radius 3 is 2.31 bits per heavy atom. The van der Waals surface area contributed by atoms with Gasteiger partial charge in [0.1, 0.15) is 0 Å². The van der Waals surface area contributed by atoms with E-state index in [1.807, 2.05) is 24.8 Å². The first-order valence-electron chi connectivity index (χ1n) is 9.81. The van der Waals surface area contributed by atoms with Crippen molar-refractivity contribution in [3.05, 3.63) is 52.3 Å². The highest BCUT2D eigenvalue weighted by molar-refractivity contribution is 7.89. The first-order valence-corrected chi connectivity index (χ1v) is 11.6. The van der Waals surface area contributed by atoms with Crippen molar-refractivity contribution in [2.75, 3.05) is 32.7 Å². The van der Waals surface area contributed by atoms with Gasteiger partial charge in [-0.05, 0) is 52.0 Å². The molecule has 0 spiro atoms. The minimum absolute atomic E-state index is 0.0798. The SMILES string of the molecule is Cc1cc(C(=O)CN2CCN(S(=O)(=O)c3cccc(Cl)c3)CC2)c(C)n1C(C)C. The Balaban J connectivity index is 1.64. The summed E-state index contributed by atoms with van der Waals surface area (Å²) in [6.07, 6.45) is 0. The van der Waals surface area contributed by atoms with Crippen LogP contribution in [0, 0.1) is 13.8 Å². The lowest BCUT2D eigenvalue weighted by Crippen LogP contribution is -2.49. The predicted molar refractivity (Wildman–Crippen MR) is 115 cm³/mol. The average Bonchev–Trinajstić information content (AvgIpc) is 2.96. The molecule has 2 aromatic rings. The van der Waals surface area contributed by atoms with Crippen LogP contribution in [-0.2, 0) is 10.0 Å². The van der Waals surface area contributed by atoms with Gasteiger partial charge in [0.2, 0.25) is 10.0 Å². The lowest BCUT2D eigenvalue weighted by atomic mass is 10.1. The number of ketones is 1. The number of sulfonamides is 1. The van der Waals surface area contributed by atoms with Crippen LogP contribution in [-0.4, -0.2) is 60.7 Å². The van der Waals surface area contributed by atoms with Gasteiger partial charge in [0.15, 0.2) is 5.78 Å². The molecule has 1 aromatic heterocycles. The topological polar surface area (TPSA) is 62.6 Å². The lowest BCUT2D eigenvalue weighted by molar-refractivity contribution is 0.0901. The van der Waals surface area contributed by atoms with E-state index in [4.69, 9.17) is 11.6 Å². The first-order chi connectivity index (χ1) is 13.6. The molecule has 1 aromatic carbocycles.